The second kappa shape index (κ2) is 7.27. The van der Waals surface area contributed by atoms with Gasteiger partial charge in [0.1, 0.15) is 29.8 Å². The Bertz CT molecular complexity index is 1440. The molecule has 0 atom stereocenters. The Morgan fingerprint density at radius 3 is 2.68 bits per heavy atom. The van der Waals surface area contributed by atoms with Crippen molar-refractivity contribution in [3.05, 3.63) is 84.1 Å². The number of aromatic nitrogens is 5. The van der Waals surface area contributed by atoms with Crippen molar-refractivity contribution in [2.24, 2.45) is 0 Å². The first-order valence-corrected chi connectivity index (χ1v) is 9.38. The minimum Gasteiger partial charge on any atom is -0.467 e. The first-order valence-electron chi connectivity index (χ1n) is 9.38. The van der Waals surface area contributed by atoms with Crippen LogP contribution in [0.2, 0.25) is 0 Å². The van der Waals surface area contributed by atoms with E-state index in [2.05, 4.69) is 10.2 Å². The molecule has 5 rings (SSSR count). The van der Waals surface area contributed by atoms with Crippen LogP contribution in [0, 0.1) is 11.3 Å². The highest BCUT2D eigenvalue weighted by Gasteiger charge is 2.22. The third kappa shape index (κ3) is 3.12. The van der Waals surface area contributed by atoms with Gasteiger partial charge in [-0.2, -0.15) is 20.1 Å². The zero-order chi connectivity index (χ0) is 21.4. The first kappa shape index (κ1) is 18.3. The number of nitrogens with two attached hydrogens (primary N) is 1. The molecule has 9 nitrogen and oxygen atoms in total. The van der Waals surface area contributed by atoms with Crippen molar-refractivity contribution in [2.75, 3.05) is 5.73 Å². The average Bonchev–Trinajstić information content (AvgIpc) is 3.54. The van der Waals surface area contributed by atoms with Gasteiger partial charge in [-0.25, -0.2) is 9.67 Å². The number of hydrogen-bond donors (Lipinski definition) is 1. The fraction of sp³-hybridized carbons (Fsp3) is 0.0455. The van der Waals surface area contributed by atoms with Gasteiger partial charge < -0.3 is 10.2 Å². The Morgan fingerprint density at radius 2 is 1.97 bits per heavy atom. The van der Waals surface area contributed by atoms with Crippen LogP contribution < -0.4 is 5.73 Å². The van der Waals surface area contributed by atoms with Gasteiger partial charge in [0.25, 0.3) is 5.91 Å². The molecule has 0 radical (unpaired) electrons. The van der Waals surface area contributed by atoms with Gasteiger partial charge in [-0.3, -0.25) is 4.79 Å². The van der Waals surface area contributed by atoms with Crippen molar-refractivity contribution in [3.63, 3.8) is 0 Å². The third-order valence-electron chi connectivity index (χ3n) is 4.91. The number of nitriles is 1. The Morgan fingerprint density at radius 1 is 1.13 bits per heavy atom. The number of pyridine rings is 1. The van der Waals surface area contributed by atoms with E-state index in [0.29, 0.717) is 34.6 Å². The molecular formula is C22H15N7O2. The highest BCUT2D eigenvalue weighted by Crippen LogP contribution is 2.27. The standard InChI is InChI=1S/C22H15N7O2/c23-10-15-11-26-29(20(15)24)22(30)17-9-19(14-5-2-1-3-6-14)27-21-18(17)12-25-28(21)13-16-7-4-8-31-16/h1-9,11-12H,13,24H2. The van der Waals surface area contributed by atoms with Crippen molar-refractivity contribution in [3.8, 4) is 17.3 Å². The molecule has 0 saturated carbocycles. The summed E-state index contributed by atoms with van der Waals surface area (Å²) < 4.78 is 8.12. The highest BCUT2D eigenvalue weighted by atomic mass is 16.3. The van der Waals surface area contributed by atoms with Gasteiger partial charge >= 0.3 is 0 Å². The molecule has 0 unspecified atom stereocenters. The molecule has 150 valence electrons. The van der Waals surface area contributed by atoms with Gasteiger partial charge in [0.2, 0.25) is 0 Å². The molecular weight excluding hydrogens is 394 g/mol. The summed E-state index contributed by atoms with van der Waals surface area (Å²) in [7, 11) is 0. The maximum Gasteiger partial charge on any atom is 0.280 e. The maximum absolute atomic E-state index is 13.3. The molecule has 0 amide bonds. The summed E-state index contributed by atoms with van der Waals surface area (Å²) in [5.41, 5.74) is 8.38. The smallest absolute Gasteiger partial charge is 0.280 e. The lowest BCUT2D eigenvalue weighted by Gasteiger charge is -2.09. The molecule has 1 aromatic carbocycles. The zero-order valence-corrected chi connectivity index (χ0v) is 16.1. The molecule has 0 aliphatic heterocycles. The molecule has 0 aliphatic carbocycles. The van der Waals surface area contributed by atoms with Gasteiger partial charge in [0.05, 0.1) is 35.3 Å². The second-order valence-electron chi connectivity index (χ2n) is 6.81. The summed E-state index contributed by atoms with van der Waals surface area (Å²) in [6, 6.07) is 16.8. The van der Waals surface area contributed by atoms with Crippen molar-refractivity contribution >= 4 is 22.8 Å². The van der Waals surface area contributed by atoms with Crippen LogP contribution >= 0.6 is 0 Å². The number of nitrogen functional groups attached to an aromatic ring is 1. The minimum atomic E-state index is -0.471. The van der Waals surface area contributed by atoms with E-state index in [1.165, 1.54) is 6.20 Å². The molecule has 2 N–H and O–H groups in total. The summed E-state index contributed by atoms with van der Waals surface area (Å²) in [4.78, 5) is 18.1. The lowest BCUT2D eigenvalue weighted by Crippen LogP contribution is -2.17. The number of hydrogen-bond acceptors (Lipinski definition) is 7. The van der Waals surface area contributed by atoms with Crippen LogP contribution in [-0.2, 0) is 6.54 Å². The molecule has 4 aromatic heterocycles. The predicted octanol–water partition coefficient (Wildman–Crippen LogP) is 3.08. The number of furan rings is 1. The quantitative estimate of drug-likeness (QED) is 0.483. The van der Waals surface area contributed by atoms with E-state index in [0.717, 1.165) is 10.2 Å². The second-order valence-corrected chi connectivity index (χ2v) is 6.81. The topological polar surface area (TPSA) is 129 Å². The fourth-order valence-electron chi connectivity index (χ4n) is 3.37. The number of anilines is 1. The highest BCUT2D eigenvalue weighted by molar-refractivity contribution is 6.08. The van der Waals surface area contributed by atoms with Crippen LogP contribution in [0.5, 0.6) is 0 Å². The Kier molecular flexibility index (Phi) is 4.30. The van der Waals surface area contributed by atoms with Gasteiger partial charge in [-0.1, -0.05) is 30.3 Å². The number of nitrogens with zero attached hydrogens (tertiary/aromatic N) is 6. The van der Waals surface area contributed by atoms with Crippen molar-refractivity contribution in [1.29, 1.82) is 5.26 Å². The SMILES string of the molecule is N#Cc1cnn(C(=O)c2cc(-c3ccccc3)nc3c2cnn3Cc2ccco2)c1N. The first-order chi connectivity index (χ1) is 15.2. The molecule has 4 heterocycles. The zero-order valence-electron chi connectivity index (χ0n) is 16.1. The molecule has 31 heavy (non-hydrogen) atoms. The normalized spacial score (nSPS) is 10.9. The summed E-state index contributed by atoms with van der Waals surface area (Å²) in [6.45, 7) is 0.359. The molecule has 0 aliphatic rings. The third-order valence-corrected chi connectivity index (χ3v) is 4.91. The van der Waals surface area contributed by atoms with Gasteiger partial charge in [0, 0.05) is 5.56 Å². The Labute approximate surface area is 176 Å². The van der Waals surface area contributed by atoms with E-state index >= 15 is 0 Å². The Hall–Kier alpha value is -4.71. The number of carbonyl (C=O) groups is 1. The average molecular weight is 409 g/mol. The van der Waals surface area contributed by atoms with Crippen LogP contribution in [0.4, 0.5) is 5.82 Å². The van der Waals surface area contributed by atoms with Crippen LogP contribution in [0.3, 0.4) is 0 Å². The van der Waals surface area contributed by atoms with Gasteiger partial charge in [0.15, 0.2) is 5.65 Å². The molecule has 0 fully saturated rings. The predicted molar refractivity (Wildman–Crippen MR) is 112 cm³/mol. The number of rotatable bonds is 4. The van der Waals surface area contributed by atoms with Gasteiger partial charge in [-0.15, -0.1) is 0 Å². The summed E-state index contributed by atoms with van der Waals surface area (Å²) in [5, 5.41) is 18.1. The summed E-state index contributed by atoms with van der Waals surface area (Å²) in [5.74, 6) is 0.225. The molecule has 9 heteroatoms. The van der Waals surface area contributed by atoms with E-state index in [1.807, 2.05) is 42.5 Å². The summed E-state index contributed by atoms with van der Waals surface area (Å²) >= 11 is 0. The van der Waals surface area contributed by atoms with E-state index in [4.69, 9.17) is 20.4 Å². The van der Waals surface area contributed by atoms with Crippen LogP contribution in [0.25, 0.3) is 22.3 Å². The number of benzene rings is 1. The van der Waals surface area contributed by atoms with Crippen LogP contribution in [-0.4, -0.2) is 30.5 Å². The maximum atomic E-state index is 13.3. The molecule has 0 spiro atoms. The number of fused-ring (bicyclic) bond motifs is 1. The number of carbonyl (C=O) groups excluding carboxylic acids is 1. The molecule has 0 bridgehead atoms. The monoisotopic (exact) mass is 409 g/mol. The Balaban J connectivity index is 1.71. The van der Waals surface area contributed by atoms with Crippen molar-refractivity contribution < 1.29 is 9.21 Å². The molecule has 0 saturated heterocycles. The van der Waals surface area contributed by atoms with E-state index in [-0.39, 0.29) is 11.4 Å². The van der Waals surface area contributed by atoms with Gasteiger partial charge in [-0.05, 0) is 18.2 Å². The largest absolute Gasteiger partial charge is 0.467 e. The van der Waals surface area contributed by atoms with Crippen LogP contribution in [0.15, 0.2) is 71.6 Å². The summed E-state index contributed by atoms with van der Waals surface area (Å²) in [6.07, 6.45) is 4.44. The van der Waals surface area contributed by atoms with Crippen molar-refractivity contribution in [2.45, 2.75) is 6.54 Å². The van der Waals surface area contributed by atoms with Crippen LogP contribution in [0.1, 0.15) is 21.7 Å². The lowest BCUT2D eigenvalue weighted by atomic mass is 10.1. The lowest BCUT2D eigenvalue weighted by molar-refractivity contribution is 0.0949. The van der Waals surface area contributed by atoms with Crippen molar-refractivity contribution in [1.82, 2.24) is 24.5 Å². The van der Waals surface area contributed by atoms with E-state index in [9.17, 15) is 4.79 Å². The minimum absolute atomic E-state index is 0.0123. The molecule has 5 aromatic rings. The van der Waals surface area contributed by atoms with E-state index in [1.54, 1.807) is 29.3 Å². The fourth-order valence-corrected chi connectivity index (χ4v) is 3.37. The van der Waals surface area contributed by atoms with E-state index < -0.39 is 5.91 Å².